The summed E-state index contributed by atoms with van der Waals surface area (Å²) in [6.45, 7) is 4.43. The van der Waals surface area contributed by atoms with Gasteiger partial charge in [0.1, 0.15) is 18.1 Å². The van der Waals surface area contributed by atoms with Gasteiger partial charge in [-0.15, -0.1) is 0 Å². The number of likely N-dealkylation sites (N-methyl/N-ethyl adjacent to an activating group) is 1. The second kappa shape index (κ2) is 14.3. The maximum Gasteiger partial charge on any atom is 0.383 e. The Labute approximate surface area is 247 Å². The lowest BCUT2D eigenvalue weighted by atomic mass is 9.98. The van der Waals surface area contributed by atoms with Gasteiger partial charge in [-0.2, -0.15) is 8.78 Å². The number of alkyl halides is 2. The third kappa shape index (κ3) is 8.09. The molecule has 13 heteroatoms. The van der Waals surface area contributed by atoms with Crippen LogP contribution in [0.5, 0.6) is 0 Å². The van der Waals surface area contributed by atoms with Crippen molar-refractivity contribution in [1.29, 1.82) is 0 Å². The number of rotatable bonds is 13. The van der Waals surface area contributed by atoms with Crippen molar-refractivity contribution in [3.63, 3.8) is 0 Å². The fraction of sp³-hybridized carbons (Fsp3) is 0.333. The second-order valence-corrected chi connectivity index (χ2v) is 9.79. The molecule has 0 saturated heterocycles. The molecule has 43 heavy (non-hydrogen) atoms. The van der Waals surface area contributed by atoms with Crippen LogP contribution in [0.4, 0.5) is 14.5 Å². The maximum absolute atomic E-state index is 15.2. The number of anilines is 1. The SMILES string of the molecule is CCN(CC)C(=O)CNC(=O)C(F)(F)C(=O)C(Cc1ccccc1)NC(=O)Cn1c(-c2ccc(C)cc2)ncc(N)c1=O. The Morgan fingerprint density at radius 1 is 1.02 bits per heavy atom. The van der Waals surface area contributed by atoms with Gasteiger partial charge in [-0.25, -0.2) is 4.98 Å². The van der Waals surface area contributed by atoms with Crippen LogP contribution in [0.1, 0.15) is 25.0 Å². The van der Waals surface area contributed by atoms with Gasteiger partial charge in [-0.3, -0.25) is 28.5 Å². The third-order valence-corrected chi connectivity index (χ3v) is 6.73. The second-order valence-electron chi connectivity index (χ2n) is 9.79. The monoisotopic (exact) mass is 596 g/mol. The molecule has 1 heterocycles. The number of benzene rings is 2. The Kier molecular flexibility index (Phi) is 10.8. The number of nitrogens with zero attached hydrogens (tertiary/aromatic N) is 3. The van der Waals surface area contributed by atoms with E-state index in [0.29, 0.717) is 24.2 Å². The van der Waals surface area contributed by atoms with Crippen molar-refractivity contribution in [2.45, 2.75) is 45.7 Å². The molecular weight excluding hydrogens is 562 g/mol. The largest absolute Gasteiger partial charge is 0.393 e. The molecule has 0 aliphatic heterocycles. The number of nitrogen functional groups attached to an aromatic ring is 1. The van der Waals surface area contributed by atoms with Gasteiger partial charge in [0, 0.05) is 25.1 Å². The predicted molar refractivity (Wildman–Crippen MR) is 156 cm³/mol. The minimum absolute atomic E-state index is 0.0999. The van der Waals surface area contributed by atoms with E-state index >= 15 is 8.78 Å². The van der Waals surface area contributed by atoms with Gasteiger partial charge >= 0.3 is 5.92 Å². The van der Waals surface area contributed by atoms with Gasteiger partial charge in [-0.1, -0.05) is 60.2 Å². The molecule has 0 spiro atoms. The highest BCUT2D eigenvalue weighted by Gasteiger charge is 2.50. The Bertz CT molecular complexity index is 1520. The summed E-state index contributed by atoms with van der Waals surface area (Å²) < 4.78 is 31.3. The molecule has 3 rings (SSSR count). The number of aryl methyl sites for hydroxylation is 1. The number of hydrogen-bond acceptors (Lipinski definition) is 7. The van der Waals surface area contributed by atoms with E-state index in [1.54, 1.807) is 68.4 Å². The van der Waals surface area contributed by atoms with Crippen molar-refractivity contribution in [3.8, 4) is 11.4 Å². The molecule has 0 saturated carbocycles. The molecule has 2 aromatic carbocycles. The molecule has 0 aliphatic rings. The number of ketones is 1. The van der Waals surface area contributed by atoms with Gasteiger partial charge < -0.3 is 21.3 Å². The van der Waals surface area contributed by atoms with Gasteiger partial charge in [0.05, 0.1) is 18.8 Å². The molecule has 1 aromatic heterocycles. The summed E-state index contributed by atoms with van der Waals surface area (Å²) in [4.78, 5) is 69.3. The van der Waals surface area contributed by atoms with E-state index in [4.69, 9.17) is 5.73 Å². The van der Waals surface area contributed by atoms with Crippen molar-refractivity contribution in [1.82, 2.24) is 25.1 Å². The molecule has 0 radical (unpaired) electrons. The van der Waals surface area contributed by atoms with Crippen LogP contribution in [-0.2, 0) is 32.1 Å². The lowest BCUT2D eigenvalue weighted by Gasteiger charge is -2.24. The molecule has 228 valence electrons. The van der Waals surface area contributed by atoms with Gasteiger partial charge in [0.2, 0.25) is 17.6 Å². The van der Waals surface area contributed by atoms with Gasteiger partial charge in [0.15, 0.2) is 0 Å². The Balaban J connectivity index is 1.87. The van der Waals surface area contributed by atoms with Gasteiger partial charge in [0.25, 0.3) is 11.5 Å². The topological polar surface area (TPSA) is 156 Å². The van der Waals surface area contributed by atoms with Crippen molar-refractivity contribution in [2.75, 3.05) is 25.4 Å². The zero-order valence-corrected chi connectivity index (χ0v) is 24.1. The fourth-order valence-electron chi connectivity index (χ4n) is 4.32. The van der Waals surface area contributed by atoms with Crippen molar-refractivity contribution < 1.29 is 28.0 Å². The molecular formula is C30H34F2N6O5. The normalized spacial score (nSPS) is 11.8. The summed E-state index contributed by atoms with van der Waals surface area (Å²) in [5, 5.41) is 4.09. The van der Waals surface area contributed by atoms with Crippen LogP contribution in [0.15, 0.2) is 65.6 Å². The van der Waals surface area contributed by atoms with Crippen molar-refractivity contribution >= 4 is 29.2 Å². The lowest BCUT2D eigenvalue weighted by Crippen LogP contribution is -2.56. The number of carbonyl (C=O) groups is 4. The van der Waals surface area contributed by atoms with Crippen LogP contribution in [0.2, 0.25) is 0 Å². The lowest BCUT2D eigenvalue weighted by molar-refractivity contribution is -0.161. The van der Waals surface area contributed by atoms with Crippen molar-refractivity contribution in [2.24, 2.45) is 0 Å². The fourth-order valence-corrected chi connectivity index (χ4v) is 4.32. The molecule has 1 atom stereocenters. The minimum atomic E-state index is -4.58. The van der Waals surface area contributed by atoms with E-state index < -0.39 is 54.1 Å². The molecule has 0 bridgehead atoms. The maximum atomic E-state index is 15.2. The molecule has 0 fully saturated rings. The standard InChI is InChI=1S/C30H34F2N6O5/c1-4-37(5-2)25(40)17-35-29(43)30(31,32)26(41)23(15-20-9-7-6-8-10-20)36-24(39)18-38-27(34-16-22(33)28(38)42)21-13-11-19(3)12-14-21/h6-14,16,23H,4-5,15,17-18,33H2,1-3H3,(H,35,43)(H,36,39). The van der Waals surface area contributed by atoms with Crippen LogP contribution < -0.4 is 21.9 Å². The molecule has 4 N–H and O–H groups in total. The van der Waals surface area contributed by atoms with Crippen LogP contribution in [0, 0.1) is 6.92 Å². The molecule has 3 aromatic rings. The summed E-state index contributed by atoms with van der Waals surface area (Å²) >= 11 is 0. The quantitative estimate of drug-likeness (QED) is 0.254. The Morgan fingerprint density at radius 2 is 1.65 bits per heavy atom. The number of halogens is 2. The highest BCUT2D eigenvalue weighted by Crippen LogP contribution is 2.20. The van der Waals surface area contributed by atoms with E-state index in [-0.39, 0.29) is 17.9 Å². The number of nitrogens with two attached hydrogens (primary N) is 1. The minimum Gasteiger partial charge on any atom is -0.393 e. The molecule has 1 unspecified atom stereocenters. The smallest absolute Gasteiger partial charge is 0.383 e. The Hall–Kier alpha value is -4.94. The molecule has 0 aliphatic carbocycles. The summed E-state index contributed by atoms with van der Waals surface area (Å²) in [7, 11) is 0. The average molecular weight is 597 g/mol. The van der Waals surface area contributed by atoms with E-state index in [1.165, 1.54) is 4.90 Å². The Morgan fingerprint density at radius 3 is 2.26 bits per heavy atom. The van der Waals surface area contributed by atoms with E-state index in [2.05, 4.69) is 10.3 Å². The average Bonchev–Trinajstić information content (AvgIpc) is 2.99. The first-order valence-corrected chi connectivity index (χ1v) is 13.6. The predicted octanol–water partition coefficient (Wildman–Crippen LogP) is 1.72. The first-order valence-electron chi connectivity index (χ1n) is 13.6. The highest BCUT2D eigenvalue weighted by atomic mass is 19.3. The molecule has 11 nitrogen and oxygen atoms in total. The zero-order valence-electron chi connectivity index (χ0n) is 24.1. The van der Waals surface area contributed by atoms with E-state index in [0.717, 1.165) is 16.3 Å². The number of nitrogens with one attached hydrogen (secondary N) is 2. The van der Waals surface area contributed by atoms with Crippen LogP contribution >= 0.6 is 0 Å². The number of amides is 3. The van der Waals surface area contributed by atoms with Gasteiger partial charge in [-0.05, 0) is 26.3 Å². The van der Waals surface area contributed by atoms with Crippen LogP contribution in [0.3, 0.4) is 0 Å². The summed E-state index contributed by atoms with van der Waals surface area (Å²) in [6.07, 6.45) is 0.777. The number of carbonyl (C=O) groups excluding carboxylic acids is 4. The van der Waals surface area contributed by atoms with E-state index in [9.17, 15) is 24.0 Å². The summed E-state index contributed by atoms with van der Waals surface area (Å²) in [6, 6.07) is 13.1. The zero-order chi connectivity index (χ0) is 31.7. The van der Waals surface area contributed by atoms with Crippen LogP contribution in [-0.4, -0.2) is 69.6 Å². The van der Waals surface area contributed by atoms with Crippen LogP contribution in [0.25, 0.3) is 11.4 Å². The molecule has 3 amide bonds. The first kappa shape index (κ1) is 32.6. The first-order chi connectivity index (χ1) is 20.4. The van der Waals surface area contributed by atoms with E-state index in [1.807, 2.05) is 12.2 Å². The summed E-state index contributed by atoms with van der Waals surface area (Å²) in [5.74, 6) is -9.90. The number of hydrogen-bond donors (Lipinski definition) is 3. The number of aromatic nitrogens is 2. The van der Waals surface area contributed by atoms with Crippen molar-refractivity contribution in [3.05, 3.63) is 82.3 Å². The highest BCUT2D eigenvalue weighted by molar-refractivity contribution is 6.11. The third-order valence-electron chi connectivity index (χ3n) is 6.73. The number of Topliss-reactive ketones (excluding diaryl/α,β-unsaturated/α-hetero) is 1. The summed E-state index contributed by atoms with van der Waals surface area (Å²) in [5.41, 5.74) is 6.62.